The number of carbonyl (C=O) groups is 1. The van der Waals surface area contributed by atoms with Gasteiger partial charge in [-0.25, -0.2) is 4.79 Å². The van der Waals surface area contributed by atoms with Crippen LogP contribution in [0.1, 0.15) is 0 Å². The van der Waals surface area contributed by atoms with Crippen LogP contribution >= 0.6 is 0 Å². The molecule has 0 radical (unpaired) electrons. The van der Waals surface area contributed by atoms with Crippen molar-refractivity contribution >= 4 is 5.97 Å². The Hall–Kier alpha value is -0.730. The van der Waals surface area contributed by atoms with Crippen LogP contribution in [-0.4, -0.2) is 62.2 Å². The molecule has 0 saturated carbocycles. The minimum Gasteiger partial charge on any atom is -0.479 e. The van der Waals surface area contributed by atoms with Gasteiger partial charge in [0.25, 0.3) is 0 Å². The van der Waals surface area contributed by atoms with Crippen LogP contribution in [0.15, 0.2) is 0 Å². The summed E-state index contributed by atoms with van der Waals surface area (Å²) in [7, 11) is 0. The molecule has 5 N–H and O–H groups in total. The van der Waals surface area contributed by atoms with Crippen molar-refractivity contribution in [3.63, 3.8) is 0 Å². The zero-order valence-electron chi connectivity index (χ0n) is 6.44. The van der Waals surface area contributed by atoms with E-state index < -0.39 is 36.7 Å². The van der Waals surface area contributed by atoms with Crippen molar-refractivity contribution in [3.05, 3.63) is 0 Å². The highest BCUT2D eigenvalue weighted by atomic mass is 16.6. The molecule has 0 aliphatic carbocycles. The summed E-state index contributed by atoms with van der Waals surface area (Å²) in [5.74, 6) is -1.59. The number of carboxylic acid groups (broad SMARTS) is 1. The van der Waals surface area contributed by atoms with Crippen molar-refractivity contribution in [2.75, 3.05) is 0 Å². The second kappa shape index (κ2) is 3.56. The number of rotatable bonds is 2. The molecule has 1 rings (SSSR count). The molecule has 7 heteroatoms. The summed E-state index contributed by atoms with van der Waals surface area (Å²) in [4.78, 5) is 10.2. The molecular weight excluding hydrogens is 184 g/mol. The van der Waals surface area contributed by atoms with Crippen LogP contribution in [0.4, 0.5) is 0 Å². The van der Waals surface area contributed by atoms with Crippen molar-refractivity contribution in [3.8, 4) is 0 Å². The highest BCUT2D eigenvalue weighted by Crippen LogP contribution is 2.22. The van der Waals surface area contributed by atoms with Crippen molar-refractivity contribution in [1.82, 2.24) is 0 Å². The smallest absolute Gasteiger partial charge is 0.335 e. The van der Waals surface area contributed by atoms with Gasteiger partial charge < -0.3 is 30.3 Å². The van der Waals surface area contributed by atoms with Gasteiger partial charge in [0.15, 0.2) is 12.4 Å². The first-order valence-corrected chi connectivity index (χ1v) is 3.55. The van der Waals surface area contributed by atoms with Crippen molar-refractivity contribution < 1.29 is 35.1 Å². The monoisotopic (exact) mass is 194 g/mol. The van der Waals surface area contributed by atoms with Crippen LogP contribution < -0.4 is 0 Å². The van der Waals surface area contributed by atoms with E-state index in [0.717, 1.165) is 0 Å². The van der Waals surface area contributed by atoms with E-state index in [2.05, 4.69) is 4.74 Å². The summed E-state index contributed by atoms with van der Waals surface area (Å²) in [6, 6.07) is 0. The first kappa shape index (κ1) is 10.4. The Morgan fingerprint density at radius 3 is 2.08 bits per heavy atom. The predicted molar refractivity (Wildman–Crippen MR) is 36.5 cm³/mol. The average Bonchev–Trinajstić information content (AvgIpc) is 2.31. The van der Waals surface area contributed by atoms with E-state index in [1.165, 1.54) is 0 Å². The first-order valence-electron chi connectivity index (χ1n) is 3.55. The van der Waals surface area contributed by atoms with Crippen LogP contribution in [0.25, 0.3) is 0 Å². The lowest BCUT2D eigenvalue weighted by molar-refractivity contribution is -0.170. The Morgan fingerprint density at radius 2 is 1.77 bits per heavy atom. The third kappa shape index (κ3) is 1.79. The fourth-order valence-corrected chi connectivity index (χ4v) is 1.09. The lowest BCUT2D eigenvalue weighted by Crippen LogP contribution is -2.42. The molecule has 1 aliphatic rings. The van der Waals surface area contributed by atoms with E-state index in [0.29, 0.717) is 0 Å². The zero-order chi connectivity index (χ0) is 10.2. The lowest BCUT2D eigenvalue weighted by atomic mass is 10.1. The van der Waals surface area contributed by atoms with Crippen LogP contribution in [-0.2, 0) is 9.53 Å². The van der Waals surface area contributed by atoms with Crippen LogP contribution in [0, 0.1) is 0 Å². The van der Waals surface area contributed by atoms with Gasteiger partial charge >= 0.3 is 5.97 Å². The van der Waals surface area contributed by atoms with Gasteiger partial charge in [-0.15, -0.1) is 0 Å². The quantitative estimate of drug-likeness (QED) is 0.314. The Morgan fingerprint density at radius 1 is 1.23 bits per heavy atom. The number of ether oxygens (including phenoxy) is 1. The molecule has 7 nitrogen and oxygen atoms in total. The van der Waals surface area contributed by atoms with E-state index >= 15 is 0 Å². The molecule has 1 saturated heterocycles. The topological polar surface area (TPSA) is 127 Å². The summed E-state index contributed by atoms with van der Waals surface area (Å²) in [5.41, 5.74) is 0. The highest BCUT2D eigenvalue weighted by molar-refractivity contribution is 5.72. The third-order valence-electron chi connectivity index (χ3n) is 1.84. The van der Waals surface area contributed by atoms with Gasteiger partial charge in [0.2, 0.25) is 0 Å². The number of aliphatic hydroxyl groups excluding tert-OH is 4. The maximum Gasteiger partial charge on any atom is 0.335 e. The van der Waals surface area contributed by atoms with E-state index in [9.17, 15) is 4.79 Å². The molecule has 76 valence electrons. The molecule has 0 aromatic rings. The number of carboxylic acids is 1. The number of hydrogen-bond acceptors (Lipinski definition) is 6. The molecule has 1 aliphatic heterocycles. The molecule has 0 spiro atoms. The fourth-order valence-electron chi connectivity index (χ4n) is 1.09. The minimum absolute atomic E-state index is 1.51. The van der Waals surface area contributed by atoms with Crippen molar-refractivity contribution in [2.24, 2.45) is 0 Å². The first-order chi connectivity index (χ1) is 5.95. The van der Waals surface area contributed by atoms with Gasteiger partial charge in [0, 0.05) is 0 Å². The zero-order valence-corrected chi connectivity index (χ0v) is 6.44. The molecular formula is C6H10O7. The van der Waals surface area contributed by atoms with E-state index in [1.807, 2.05) is 0 Å². The van der Waals surface area contributed by atoms with Crippen LogP contribution in [0.2, 0.25) is 0 Å². The predicted octanol–water partition coefficient (Wildman–Crippen LogP) is -3.13. The second-order valence-electron chi connectivity index (χ2n) is 2.76. The summed E-state index contributed by atoms with van der Waals surface area (Å²) >= 11 is 0. The van der Waals surface area contributed by atoms with Crippen LogP contribution in [0.3, 0.4) is 0 Å². The third-order valence-corrected chi connectivity index (χ3v) is 1.84. The van der Waals surface area contributed by atoms with Gasteiger partial charge in [-0.1, -0.05) is 0 Å². The van der Waals surface area contributed by atoms with Gasteiger partial charge in [0.1, 0.15) is 18.3 Å². The largest absolute Gasteiger partial charge is 0.479 e. The van der Waals surface area contributed by atoms with E-state index in [-0.39, 0.29) is 0 Å². The molecule has 5 atom stereocenters. The molecule has 0 bridgehead atoms. The second-order valence-corrected chi connectivity index (χ2v) is 2.76. The minimum atomic E-state index is -1.97. The molecule has 0 unspecified atom stereocenters. The molecule has 0 amide bonds. The number of aliphatic hydroxyl groups is 4. The number of aliphatic carboxylic acids is 1. The lowest BCUT2D eigenvalue weighted by Gasteiger charge is -2.16. The molecule has 1 heterocycles. The maximum absolute atomic E-state index is 10.2. The number of hydrogen-bond donors (Lipinski definition) is 5. The highest BCUT2D eigenvalue weighted by Gasteiger charge is 2.47. The maximum atomic E-state index is 10.2. The van der Waals surface area contributed by atoms with Gasteiger partial charge in [-0.05, 0) is 0 Å². The Labute approximate surface area is 72.8 Å². The summed E-state index contributed by atoms with van der Waals surface area (Å²) in [5, 5.41) is 44.1. The summed E-state index contributed by atoms with van der Waals surface area (Å²) in [6.07, 6.45) is -8.36. The molecule has 1 fully saturated rings. The van der Waals surface area contributed by atoms with Gasteiger partial charge in [0.05, 0.1) is 0 Å². The van der Waals surface area contributed by atoms with Gasteiger partial charge in [-0.3, -0.25) is 0 Å². The van der Waals surface area contributed by atoms with E-state index in [1.54, 1.807) is 0 Å². The molecule has 0 aromatic heterocycles. The Bertz CT molecular complexity index is 205. The Balaban J connectivity index is 2.68. The van der Waals surface area contributed by atoms with Crippen molar-refractivity contribution in [1.29, 1.82) is 0 Å². The fraction of sp³-hybridized carbons (Fsp3) is 0.833. The standard InChI is InChI=1S/C6H10O7/c7-1-2(8)6(12)13-4(1)3(9)5(10)11/h1-4,6-9,12H,(H,10,11)/t1-,2-,3+,4+,6-/m1/s1. The van der Waals surface area contributed by atoms with Crippen LogP contribution in [0.5, 0.6) is 0 Å². The van der Waals surface area contributed by atoms with Gasteiger partial charge in [-0.2, -0.15) is 0 Å². The SMILES string of the molecule is O=C(O)[C@@H](O)[C@H]1O[C@@H](O)[C@H](O)[C@H]1O. The average molecular weight is 194 g/mol. The molecule has 0 aromatic carbocycles. The Kier molecular flexibility index (Phi) is 2.84. The summed E-state index contributed by atoms with van der Waals surface area (Å²) < 4.78 is 4.43. The molecule has 13 heavy (non-hydrogen) atoms. The normalized spacial score (nSPS) is 41.8. The van der Waals surface area contributed by atoms with E-state index in [4.69, 9.17) is 25.5 Å². The van der Waals surface area contributed by atoms with Crippen molar-refractivity contribution in [2.45, 2.75) is 30.7 Å². The summed E-state index contributed by atoms with van der Waals surface area (Å²) in [6.45, 7) is 0.